The number of hydrogen-bond donors (Lipinski definition) is 2. The van der Waals surface area contributed by atoms with Crippen LogP contribution in [-0.2, 0) is 4.79 Å². The number of nitrogens with two attached hydrogens (primary N) is 1. The quantitative estimate of drug-likeness (QED) is 0.719. The fourth-order valence-corrected chi connectivity index (χ4v) is 3.24. The van der Waals surface area contributed by atoms with Gasteiger partial charge in [-0.15, -0.1) is 0 Å². The number of rotatable bonds is 4. The van der Waals surface area contributed by atoms with Gasteiger partial charge >= 0.3 is 6.01 Å². The molecule has 0 fully saturated rings. The molecule has 0 spiro atoms. The summed E-state index contributed by atoms with van der Waals surface area (Å²) in [4.78, 5) is 21.0. The topological polar surface area (TPSA) is 96.8 Å². The van der Waals surface area contributed by atoms with Crippen molar-refractivity contribution in [1.82, 2.24) is 9.99 Å². The first-order valence-electron chi connectivity index (χ1n) is 8.24. The lowest BCUT2D eigenvalue weighted by molar-refractivity contribution is -0.115. The highest BCUT2D eigenvalue weighted by molar-refractivity contribution is 6.31. The van der Waals surface area contributed by atoms with Crippen LogP contribution in [0.25, 0.3) is 11.1 Å². The first-order chi connectivity index (χ1) is 13.0. The van der Waals surface area contributed by atoms with Crippen molar-refractivity contribution < 1.29 is 9.21 Å². The highest BCUT2D eigenvalue weighted by Crippen LogP contribution is 2.35. The van der Waals surface area contributed by atoms with Gasteiger partial charge in [0.05, 0.1) is 5.57 Å². The Morgan fingerprint density at radius 3 is 2.70 bits per heavy atom. The van der Waals surface area contributed by atoms with E-state index in [1.807, 2.05) is 42.5 Å². The number of carbonyl (C=O) groups excluding carboxylic acids is 1. The van der Waals surface area contributed by atoms with Gasteiger partial charge in [0.15, 0.2) is 5.58 Å². The Labute approximate surface area is 160 Å². The molecule has 1 atom stereocenters. The molecule has 136 valence electrons. The van der Waals surface area contributed by atoms with Crippen LogP contribution in [0.4, 0.5) is 6.01 Å². The van der Waals surface area contributed by atoms with Gasteiger partial charge in [-0.25, -0.2) is 10.4 Å². The summed E-state index contributed by atoms with van der Waals surface area (Å²) >= 11 is 6.28. The molecule has 1 aliphatic rings. The number of nitrogens with zero attached hydrogens (tertiary/aromatic N) is 3. The molecule has 1 aliphatic heterocycles. The van der Waals surface area contributed by atoms with Gasteiger partial charge in [-0.05, 0) is 30.7 Å². The number of oxazole rings is 1. The lowest BCUT2D eigenvalue weighted by atomic mass is 9.96. The number of halogens is 1. The smallest absolute Gasteiger partial charge is 0.315 e. The van der Waals surface area contributed by atoms with E-state index < -0.39 is 11.9 Å². The molecule has 1 aromatic heterocycles. The van der Waals surface area contributed by atoms with Crippen LogP contribution >= 0.6 is 11.6 Å². The maximum absolute atomic E-state index is 12.2. The molecule has 1 unspecified atom stereocenters. The van der Waals surface area contributed by atoms with Crippen LogP contribution in [0, 0.1) is 0 Å². The SMILES string of the molecule is CC1=C(C(N)=O)C(c2ccccc2Cl)N=CN1Nc1nc2ccccc2o1. The second kappa shape index (κ2) is 6.77. The predicted octanol–water partition coefficient (Wildman–Crippen LogP) is 3.65. The number of aromatic nitrogens is 1. The normalized spacial score (nSPS) is 16.8. The van der Waals surface area contributed by atoms with Crippen molar-refractivity contribution in [3.8, 4) is 0 Å². The predicted molar refractivity (Wildman–Crippen MR) is 104 cm³/mol. The number of allylic oxidation sites excluding steroid dienone is 1. The Kier molecular flexibility index (Phi) is 4.29. The van der Waals surface area contributed by atoms with E-state index in [9.17, 15) is 4.79 Å². The Bertz CT molecular complexity index is 1060. The van der Waals surface area contributed by atoms with Crippen molar-refractivity contribution in [2.75, 3.05) is 5.43 Å². The van der Waals surface area contributed by atoms with Crippen LogP contribution in [0.15, 0.2) is 69.2 Å². The molecule has 4 rings (SSSR count). The molecule has 0 radical (unpaired) electrons. The van der Waals surface area contributed by atoms with Crippen LogP contribution in [0.5, 0.6) is 0 Å². The third-order valence-electron chi connectivity index (χ3n) is 4.33. The Hall–Kier alpha value is -3.32. The van der Waals surface area contributed by atoms with Crippen LogP contribution in [0.2, 0.25) is 5.02 Å². The number of nitrogens with one attached hydrogen (secondary N) is 1. The monoisotopic (exact) mass is 381 g/mol. The summed E-state index contributed by atoms with van der Waals surface area (Å²) in [5.41, 5.74) is 11.7. The number of aliphatic imine (C=N–C) groups is 1. The molecule has 27 heavy (non-hydrogen) atoms. The third kappa shape index (κ3) is 3.13. The molecule has 0 bridgehead atoms. The van der Waals surface area contributed by atoms with Crippen molar-refractivity contribution in [2.24, 2.45) is 10.7 Å². The van der Waals surface area contributed by atoms with Crippen LogP contribution in [0.1, 0.15) is 18.5 Å². The average molecular weight is 382 g/mol. The first kappa shape index (κ1) is 17.1. The standard InChI is InChI=1S/C19H16ClN5O2/c1-11-16(18(21)26)17(12-6-2-3-7-13(12)20)22-10-25(11)24-19-23-14-8-4-5-9-15(14)27-19/h2-10,17H,1H3,(H2,21,26)(H,23,24). The minimum atomic E-state index is -0.571. The molecular weight excluding hydrogens is 366 g/mol. The first-order valence-corrected chi connectivity index (χ1v) is 8.62. The van der Waals surface area contributed by atoms with Crippen LogP contribution in [-0.4, -0.2) is 22.2 Å². The van der Waals surface area contributed by atoms with Crippen LogP contribution in [0.3, 0.4) is 0 Å². The molecule has 0 aliphatic carbocycles. The maximum Gasteiger partial charge on any atom is 0.315 e. The number of benzene rings is 2. The number of fused-ring (bicyclic) bond motifs is 1. The van der Waals surface area contributed by atoms with E-state index in [4.69, 9.17) is 21.8 Å². The number of amides is 1. The fraction of sp³-hybridized carbons (Fsp3) is 0.105. The summed E-state index contributed by atoms with van der Waals surface area (Å²) in [5.74, 6) is -0.571. The van der Waals surface area contributed by atoms with E-state index in [0.717, 1.165) is 5.52 Å². The Morgan fingerprint density at radius 2 is 1.96 bits per heavy atom. The van der Waals surface area contributed by atoms with Gasteiger partial charge in [-0.3, -0.25) is 9.79 Å². The summed E-state index contributed by atoms with van der Waals surface area (Å²) < 4.78 is 5.66. The molecule has 2 aromatic carbocycles. The van der Waals surface area contributed by atoms with Gasteiger partial charge in [0.1, 0.15) is 17.9 Å². The number of hydrazine groups is 1. The van der Waals surface area contributed by atoms with Gasteiger partial charge in [0, 0.05) is 10.7 Å². The maximum atomic E-state index is 12.2. The number of para-hydroxylation sites is 2. The highest BCUT2D eigenvalue weighted by Gasteiger charge is 2.30. The van der Waals surface area contributed by atoms with E-state index in [0.29, 0.717) is 27.4 Å². The van der Waals surface area contributed by atoms with E-state index in [1.54, 1.807) is 24.3 Å². The van der Waals surface area contributed by atoms with Gasteiger partial charge in [0.25, 0.3) is 0 Å². The molecule has 2 heterocycles. The number of carbonyl (C=O) groups is 1. The molecule has 8 heteroatoms. The minimum absolute atomic E-state index is 0.280. The average Bonchev–Trinajstić information content (AvgIpc) is 3.06. The molecule has 1 amide bonds. The zero-order valence-corrected chi connectivity index (χ0v) is 15.1. The summed E-state index contributed by atoms with van der Waals surface area (Å²) in [6.07, 6.45) is 1.56. The molecule has 0 saturated heterocycles. The second-order valence-electron chi connectivity index (χ2n) is 6.02. The number of hydrogen-bond acceptors (Lipinski definition) is 6. The van der Waals surface area contributed by atoms with Gasteiger partial charge in [-0.1, -0.05) is 41.9 Å². The second-order valence-corrected chi connectivity index (χ2v) is 6.43. The van der Waals surface area contributed by atoms with E-state index in [2.05, 4.69) is 15.4 Å². The molecule has 3 N–H and O–H groups in total. The highest BCUT2D eigenvalue weighted by atomic mass is 35.5. The van der Waals surface area contributed by atoms with E-state index in [-0.39, 0.29) is 6.01 Å². The number of anilines is 1. The molecule has 3 aromatic rings. The van der Waals surface area contributed by atoms with Gasteiger partial charge < -0.3 is 10.2 Å². The Balaban J connectivity index is 1.69. The van der Waals surface area contributed by atoms with Gasteiger partial charge in [0.2, 0.25) is 5.91 Å². The summed E-state index contributed by atoms with van der Waals surface area (Å²) in [5, 5.41) is 2.07. The molecular formula is C19H16ClN5O2. The van der Waals surface area contributed by atoms with Crippen molar-refractivity contribution >= 4 is 41.0 Å². The third-order valence-corrected chi connectivity index (χ3v) is 4.68. The van der Waals surface area contributed by atoms with Gasteiger partial charge in [-0.2, -0.15) is 4.98 Å². The summed E-state index contributed by atoms with van der Waals surface area (Å²) in [6, 6.07) is 14.4. The number of primary amides is 1. The van der Waals surface area contributed by atoms with Crippen molar-refractivity contribution in [2.45, 2.75) is 13.0 Å². The van der Waals surface area contributed by atoms with E-state index >= 15 is 0 Å². The van der Waals surface area contributed by atoms with Crippen molar-refractivity contribution in [3.05, 3.63) is 70.4 Å². The lowest BCUT2D eigenvalue weighted by Gasteiger charge is -2.29. The Morgan fingerprint density at radius 1 is 1.22 bits per heavy atom. The zero-order valence-electron chi connectivity index (χ0n) is 14.4. The largest absolute Gasteiger partial charge is 0.422 e. The molecule has 7 nitrogen and oxygen atoms in total. The summed E-state index contributed by atoms with van der Waals surface area (Å²) in [6.45, 7) is 1.77. The van der Waals surface area contributed by atoms with Crippen LogP contribution < -0.4 is 11.2 Å². The minimum Gasteiger partial charge on any atom is -0.422 e. The lowest BCUT2D eigenvalue weighted by Crippen LogP contribution is -2.35. The fourth-order valence-electron chi connectivity index (χ4n) is 3.00. The van der Waals surface area contributed by atoms with Crippen molar-refractivity contribution in [1.29, 1.82) is 0 Å². The zero-order chi connectivity index (χ0) is 19.0. The van der Waals surface area contributed by atoms with E-state index in [1.165, 1.54) is 0 Å². The summed E-state index contributed by atoms with van der Waals surface area (Å²) in [7, 11) is 0. The van der Waals surface area contributed by atoms with Crippen molar-refractivity contribution in [3.63, 3.8) is 0 Å². The molecule has 0 saturated carbocycles.